The van der Waals surface area contributed by atoms with Crippen molar-refractivity contribution >= 4 is 11.6 Å². The smallest absolute Gasteiger partial charge is 0.313 e. The van der Waals surface area contributed by atoms with Crippen LogP contribution in [0, 0.1) is 0 Å². The monoisotopic (exact) mass is 322 g/mol. The Kier molecular flexibility index (Phi) is 3.30. The number of carbonyl (C=O) groups excluding carboxylic acids is 1. The highest BCUT2D eigenvalue weighted by atomic mass is 16.5. The topological polar surface area (TPSA) is 69.9 Å². The second-order valence-electron chi connectivity index (χ2n) is 5.57. The van der Waals surface area contributed by atoms with Gasteiger partial charge < -0.3 is 9.47 Å². The summed E-state index contributed by atoms with van der Waals surface area (Å²) in [5.74, 6) is 0.0359. The average molecular weight is 322 g/mol. The molecule has 2 aromatic heterocycles. The van der Waals surface area contributed by atoms with E-state index in [1.165, 1.54) is 4.40 Å². The number of aromatic nitrogens is 2. The number of hydrogen-bond acceptors (Lipinski definition) is 5. The first-order chi connectivity index (χ1) is 11.7. The van der Waals surface area contributed by atoms with Crippen LogP contribution in [0.4, 0.5) is 0 Å². The average Bonchev–Trinajstić information content (AvgIpc) is 2.61. The Morgan fingerprint density at radius 1 is 1.17 bits per heavy atom. The Balaban J connectivity index is 1.93. The molecule has 3 heterocycles. The van der Waals surface area contributed by atoms with E-state index in [-0.39, 0.29) is 23.8 Å². The van der Waals surface area contributed by atoms with Crippen molar-refractivity contribution in [2.45, 2.75) is 12.3 Å². The first-order valence-corrected chi connectivity index (χ1v) is 7.53. The molecule has 1 atom stereocenters. The van der Waals surface area contributed by atoms with Gasteiger partial charge >= 0.3 is 5.97 Å². The molecule has 0 radical (unpaired) electrons. The van der Waals surface area contributed by atoms with Gasteiger partial charge in [-0.25, -0.2) is 0 Å². The summed E-state index contributed by atoms with van der Waals surface area (Å²) in [6.07, 6.45) is 1.77. The fraction of sp³-hybridized carbons (Fsp3) is 0.167. The zero-order valence-corrected chi connectivity index (χ0v) is 12.9. The van der Waals surface area contributed by atoms with Crippen molar-refractivity contribution in [3.63, 3.8) is 0 Å². The van der Waals surface area contributed by atoms with Crippen LogP contribution in [0.2, 0.25) is 0 Å². The summed E-state index contributed by atoms with van der Waals surface area (Å²) in [7, 11) is 1.59. The molecule has 24 heavy (non-hydrogen) atoms. The minimum atomic E-state index is -0.393. The summed E-state index contributed by atoms with van der Waals surface area (Å²) in [6, 6.07) is 12.6. The SMILES string of the molecule is COc1ccc(C2CC(=O)Oc3nc4ccccn4c(=O)c32)cc1. The largest absolute Gasteiger partial charge is 0.497 e. The number of ether oxygens (including phenoxy) is 2. The molecule has 1 aliphatic heterocycles. The predicted molar refractivity (Wildman–Crippen MR) is 86.6 cm³/mol. The summed E-state index contributed by atoms with van der Waals surface area (Å²) in [5.41, 5.74) is 1.49. The number of rotatable bonds is 2. The number of methoxy groups -OCH3 is 1. The molecule has 0 N–H and O–H groups in total. The van der Waals surface area contributed by atoms with Crippen LogP contribution in [0.5, 0.6) is 11.6 Å². The quantitative estimate of drug-likeness (QED) is 0.676. The Hall–Kier alpha value is -3.15. The standard InChI is InChI=1S/C18H14N2O4/c1-23-12-7-5-11(6-8-12)13-10-15(21)24-17-16(13)18(22)20-9-3-2-4-14(20)19-17/h2-9,13H,10H2,1H3. The summed E-state index contributed by atoms with van der Waals surface area (Å²) in [4.78, 5) is 29.2. The fourth-order valence-electron chi connectivity index (χ4n) is 3.00. The Labute approximate surface area is 137 Å². The molecule has 0 amide bonds. The summed E-state index contributed by atoms with van der Waals surface area (Å²) < 4.78 is 11.9. The lowest BCUT2D eigenvalue weighted by atomic mass is 9.88. The van der Waals surface area contributed by atoms with Crippen molar-refractivity contribution in [3.05, 3.63) is 70.1 Å². The van der Waals surface area contributed by atoms with Crippen LogP contribution in [0.15, 0.2) is 53.5 Å². The molecule has 120 valence electrons. The molecule has 3 aromatic rings. The van der Waals surface area contributed by atoms with Gasteiger partial charge in [-0.05, 0) is 29.8 Å². The summed E-state index contributed by atoms with van der Waals surface area (Å²) in [5, 5.41) is 0. The number of pyridine rings is 1. The van der Waals surface area contributed by atoms with Gasteiger partial charge in [0.05, 0.1) is 19.1 Å². The zero-order valence-electron chi connectivity index (χ0n) is 12.9. The molecule has 0 spiro atoms. The van der Waals surface area contributed by atoms with Crippen molar-refractivity contribution in [1.29, 1.82) is 0 Å². The predicted octanol–water partition coefficient (Wildman–Crippen LogP) is 2.14. The van der Waals surface area contributed by atoms with Gasteiger partial charge in [0, 0.05) is 12.1 Å². The van der Waals surface area contributed by atoms with E-state index in [0.29, 0.717) is 17.0 Å². The van der Waals surface area contributed by atoms with E-state index in [1.54, 1.807) is 43.6 Å². The van der Waals surface area contributed by atoms with Crippen LogP contribution in [0.25, 0.3) is 5.65 Å². The van der Waals surface area contributed by atoms with Crippen molar-refractivity contribution in [3.8, 4) is 11.6 Å². The van der Waals surface area contributed by atoms with Gasteiger partial charge in [-0.1, -0.05) is 18.2 Å². The molecule has 1 aliphatic rings. The van der Waals surface area contributed by atoms with Crippen LogP contribution in [-0.2, 0) is 4.79 Å². The Bertz CT molecular complexity index is 992. The third-order valence-electron chi connectivity index (χ3n) is 4.18. The van der Waals surface area contributed by atoms with Crippen molar-refractivity contribution in [1.82, 2.24) is 9.38 Å². The van der Waals surface area contributed by atoms with E-state index in [9.17, 15) is 9.59 Å². The van der Waals surface area contributed by atoms with Gasteiger partial charge in [-0.2, -0.15) is 4.98 Å². The number of fused-ring (bicyclic) bond motifs is 2. The van der Waals surface area contributed by atoms with Crippen molar-refractivity contribution in [2.24, 2.45) is 0 Å². The highest BCUT2D eigenvalue weighted by molar-refractivity contribution is 5.77. The first-order valence-electron chi connectivity index (χ1n) is 7.53. The summed E-state index contributed by atoms with van der Waals surface area (Å²) in [6.45, 7) is 0. The molecule has 1 aromatic carbocycles. The van der Waals surface area contributed by atoms with Crippen LogP contribution in [0.3, 0.4) is 0 Å². The summed E-state index contributed by atoms with van der Waals surface area (Å²) >= 11 is 0. The van der Waals surface area contributed by atoms with Gasteiger partial charge in [0.25, 0.3) is 5.56 Å². The minimum absolute atomic E-state index is 0.100. The lowest BCUT2D eigenvalue weighted by molar-refractivity contribution is -0.135. The molecule has 0 saturated heterocycles. The number of esters is 1. The van der Waals surface area contributed by atoms with Crippen LogP contribution < -0.4 is 15.0 Å². The lowest BCUT2D eigenvalue weighted by Crippen LogP contribution is -2.31. The zero-order chi connectivity index (χ0) is 16.7. The molecular weight excluding hydrogens is 308 g/mol. The molecule has 0 aliphatic carbocycles. The van der Waals surface area contributed by atoms with Gasteiger partial charge in [0.1, 0.15) is 11.4 Å². The number of hydrogen-bond donors (Lipinski definition) is 0. The van der Waals surface area contributed by atoms with E-state index in [4.69, 9.17) is 9.47 Å². The van der Waals surface area contributed by atoms with E-state index in [0.717, 1.165) is 5.56 Å². The second kappa shape index (κ2) is 5.49. The minimum Gasteiger partial charge on any atom is -0.497 e. The molecule has 4 rings (SSSR count). The lowest BCUT2D eigenvalue weighted by Gasteiger charge is -2.23. The molecule has 6 nitrogen and oxygen atoms in total. The molecular formula is C18H14N2O4. The maximum atomic E-state index is 12.9. The Morgan fingerprint density at radius 2 is 1.96 bits per heavy atom. The second-order valence-corrected chi connectivity index (χ2v) is 5.57. The third-order valence-corrected chi connectivity index (χ3v) is 4.18. The molecule has 0 saturated carbocycles. The number of nitrogens with zero attached hydrogens (tertiary/aromatic N) is 2. The molecule has 0 bridgehead atoms. The molecule has 6 heteroatoms. The number of benzene rings is 1. The normalized spacial score (nSPS) is 16.5. The Morgan fingerprint density at radius 3 is 2.71 bits per heavy atom. The molecule has 1 unspecified atom stereocenters. The van der Waals surface area contributed by atoms with Crippen LogP contribution in [-0.4, -0.2) is 22.5 Å². The first kappa shape index (κ1) is 14.4. The van der Waals surface area contributed by atoms with Crippen LogP contribution in [0.1, 0.15) is 23.5 Å². The van der Waals surface area contributed by atoms with E-state index >= 15 is 0 Å². The van der Waals surface area contributed by atoms with Gasteiger partial charge in [-0.15, -0.1) is 0 Å². The van der Waals surface area contributed by atoms with E-state index < -0.39 is 5.97 Å². The fourth-order valence-corrected chi connectivity index (χ4v) is 3.00. The highest BCUT2D eigenvalue weighted by Crippen LogP contribution is 2.36. The highest BCUT2D eigenvalue weighted by Gasteiger charge is 2.33. The van der Waals surface area contributed by atoms with Crippen LogP contribution >= 0.6 is 0 Å². The van der Waals surface area contributed by atoms with E-state index in [1.807, 2.05) is 12.1 Å². The number of carbonyl (C=O) groups is 1. The van der Waals surface area contributed by atoms with Gasteiger partial charge in [0.15, 0.2) is 0 Å². The van der Waals surface area contributed by atoms with Gasteiger partial charge in [-0.3, -0.25) is 14.0 Å². The van der Waals surface area contributed by atoms with Gasteiger partial charge in [0.2, 0.25) is 5.88 Å². The van der Waals surface area contributed by atoms with E-state index in [2.05, 4.69) is 4.98 Å². The maximum absolute atomic E-state index is 12.9. The molecule has 0 fully saturated rings. The van der Waals surface area contributed by atoms with Crippen molar-refractivity contribution in [2.75, 3.05) is 7.11 Å². The van der Waals surface area contributed by atoms with Crippen molar-refractivity contribution < 1.29 is 14.3 Å². The third kappa shape index (κ3) is 2.23. The maximum Gasteiger partial charge on any atom is 0.313 e.